The first-order valence-electron chi connectivity index (χ1n) is 7.42. The van der Waals surface area contributed by atoms with Crippen molar-refractivity contribution in [2.45, 2.75) is 13.3 Å². The molecule has 0 bridgehead atoms. The average Bonchev–Trinajstić information content (AvgIpc) is 2.88. The van der Waals surface area contributed by atoms with Crippen LogP contribution < -0.4 is 10.6 Å². The molecule has 9 heteroatoms. The zero-order valence-electron chi connectivity index (χ0n) is 13.4. The zero-order chi connectivity index (χ0) is 17.7. The number of halogens is 1. The fourth-order valence-electron chi connectivity index (χ4n) is 2.29. The monoisotopic (exact) mass is 351 g/mol. The van der Waals surface area contributed by atoms with Gasteiger partial charge in [-0.05, 0) is 18.6 Å². The molecule has 0 saturated carbocycles. The highest BCUT2D eigenvalue weighted by molar-refractivity contribution is 6.33. The van der Waals surface area contributed by atoms with E-state index in [1.165, 1.54) is 4.68 Å². The molecule has 24 heavy (non-hydrogen) atoms. The van der Waals surface area contributed by atoms with Crippen molar-refractivity contribution < 1.29 is 9.72 Å². The van der Waals surface area contributed by atoms with Crippen LogP contribution in [0.4, 0.5) is 11.5 Å². The van der Waals surface area contributed by atoms with Gasteiger partial charge in [0.25, 0.3) is 5.91 Å². The molecule has 0 atom stereocenters. The highest BCUT2D eigenvalue weighted by Crippen LogP contribution is 2.28. The average molecular weight is 352 g/mol. The molecule has 2 N–H and O–H groups in total. The molecule has 8 nitrogen and oxygen atoms in total. The van der Waals surface area contributed by atoms with Crippen molar-refractivity contribution in [3.05, 3.63) is 50.7 Å². The van der Waals surface area contributed by atoms with E-state index in [0.29, 0.717) is 35.1 Å². The Kier molecular flexibility index (Phi) is 5.75. The molecule has 0 fully saturated rings. The summed E-state index contributed by atoms with van der Waals surface area (Å²) in [6.07, 6.45) is 0.467. The van der Waals surface area contributed by atoms with Crippen LogP contribution in [-0.4, -0.2) is 33.7 Å². The summed E-state index contributed by atoms with van der Waals surface area (Å²) in [6.45, 7) is 2.41. The third kappa shape index (κ3) is 3.83. The number of nitrogens with one attached hydrogen (secondary N) is 2. The minimum atomic E-state index is -0.448. The molecule has 128 valence electrons. The number of aryl methyl sites for hydroxylation is 2. The molecule has 0 unspecified atom stereocenters. The largest absolute Gasteiger partial charge is 0.363 e. The van der Waals surface area contributed by atoms with Crippen molar-refractivity contribution >= 4 is 29.0 Å². The Hall–Kier alpha value is -2.61. The maximum atomic E-state index is 12.0. The van der Waals surface area contributed by atoms with E-state index in [9.17, 15) is 14.9 Å². The van der Waals surface area contributed by atoms with Gasteiger partial charge in [0.1, 0.15) is 5.69 Å². The van der Waals surface area contributed by atoms with Crippen molar-refractivity contribution in [3.63, 3.8) is 0 Å². The molecule has 0 aliphatic heterocycles. The second-order valence-corrected chi connectivity index (χ2v) is 5.45. The van der Waals surface area contributed by atoms with Gasteiger partial charge in [0, 0.05) is 20.1 Å². The minimum Gasteiger partial charge on any atom is -0.363 e. The van der Waals surface area contributed by atoms with Crippen LogP contribution in [0.1, 0.15) is 23.0 Å². The first-order chi connectivity index (χ1) is 11.5. The summed E-state index contributed by atoms with van der Waals surface area (Å²) in [7, 11) is 1.64. The number of hydrogen-bond donors (Lipinski definition) is 2. The predicted molar refractivity (Wildman–Crippen MR) is 91.5 cm³/mol. The lowest BCUT2D eigenvalue weighted by Gasteiger charge is -2.08. The van der Waals surface area contributed by atoms with Crippen molar-refractivity contribution in [2.75, 3.05) is 18.4 Å². The van der Waals surface area contributed by atoms with Crippen LogP contribution in [0.3, 0.4) is 0 Å². The highest BCUT2D eigenvalue weighted by atomic mass is 35.5. The van der Waals surface area contributed by atoms with E-state index in [4.69, 9.17) is 11.6 Å². The lowest BCUT2D eigenvalue weighted by molar-refractivity contribution is -0.384. The van der Waals surface area contributed by atoms with E-state index in [-0.39, 0.29) is 18.1 Å². The van der Waals surface area contributed by atoms with Gasteiger partial charge in [-0.3, -0.25) is 14.9 Å². The molecule has 0 aliphatic rings. The van der Waals surface area contributed by atoms with Gasteiger partial charge in [-0.2, -0.15) is 5.10 Å². The smallest absolute Gasteiger partial charge is 0.333 e. The summed E-state index contributed by atoms with van der Waals surface area (Å²) in [5.74, 6) is 0.0278. The molecule has 1 aromatic carbocycles. The fourth-order valence-corrected chi connectivity index (χ4v) is 2.52. The van der Waals surface area contributed by atoms with E-state index < -0.39 is 4.92 Å². The molecule has 0 aliphatic carbocycles. The molecular weight excluding hydrogens is 334 g/mol. The van der Waals surface area contributed by atoms with Gasteiger partial charge >= 0.3 is 5.69 Å². The van der Waals surface area contributed by atoms with E-state index in [0.717, 1.165) is 0 Å². The Labute approximate surface area is 144 Å². The van der Waals surface area contributed by atoms with Crippen LogP contribution in [0.5, 0.6) is 0 Å². The summed E-state index contributed by atoms with van der Waals surface area (Å²) < 4.78 is 1.44. The van der Waals surface area contributed by atoms with Crippen LogP contribution in [0.15, 0.2) is 24.3 Å². The van der Waals surface area contributed by atoms with E-state index in [1.54, 1.807) is 31.3 Å². The molecule has 1 amide bonds. The number of carbonyl (C=O) groups excluding carboxylic acids is 1. The lowest BCUT2D eigenvalue weighted by Crippen LogP contribution is -2.29. The second-order valence-electron chi connectivity index (χ2n) is 5.04. The number of rotatable bonds is 7. The number of carbonyl (C=O) groups is 1. The summed E-state index contributed by atoms with van der Waals surface area (Å²) in [5, 5.41) is 21.4. The van der Waals surface area contributed by atoms with Gasteiger partial charge in [-0.25, -0.2) is 4.68 Å². The first kappa shape index (κ1) is 17.7. The van der Waals surface area contributed by atoms with Crippen LogP contribution in [-0.2, 0) is 13.5 Å². The minimum absolute atomic E-state index is 0.0302. The number of aromatic nitrogens is 2. The van der Waals surface area contributed by atoms with Crippen molar-refractivity contribution in [2.24, 2.45) is 7.05 Å². The van der Waals surface area contributed by atoms with E-state index in [2.05, 4.69) is 15.7 Å². The maximum absolute atomic E-state index is 12.0. The summed E-state index contributed by atoms with van der Waals surface area (Å²) in [4.78, 5) is 22.8. The van der Waals surface area contributed by atoms with Crippen LogP contribution in [0.2, 0.25) is 5.02 Å². The second kappa shape index (κ2) is 7.78. The molecule has 2 aromatic rings. The lowest BCUT2D eigenvalue weighted by atomic mass is 10.2. The molecule has 1 heterocycles. The topological polar surface area (TPSA) is 102 Å². The molecule has 2 rings (SSSR count). The highest BCUT2D eigenvalue weighted by Gasteiger charge is 2.25. The quantitative estimate of drug-likeness (QED) is 0.453. The van der Waals surface area contributed by atoms with E-state index >= 15 is 0 Å². The zero-order valence-corrected chi connectivity index (χ0v) is 14.1. The van der Waals surface area contributed by atoms with Crippen molar-refractivity contribution in [1.29, 1.82) is 0 Å². The number of hydrogen-bond acceptors (Lipinski definition) is 5. The van der Waals surface area contributed by atoms with Gasteiger partial charge in [-0.15, -0.1) is 0 Å². The van der Waals surface area contributed by atoms with Crippen LogP contribution in [0, 0.1) is 10.1 Å². The third-order valence-corrected chi connectivity index (χ3v) is 3.76. The Morgan fingerprint density at radius 2 is 2.08 bits per heavy atom. The summed E-state index contributed by atoms with van der Waals surface area (Å²) in [6, 6.07) is 6.74. The number of benzene rings is 1. The Balaban J connectivity index is 1.96. The maximum Gasteiger partial charge on any atom is 0.333 e. The summed E-state index contributed by atoms with van der Waals surface area (Å²) >= 11 is 5.96. The molecule has 0 spiro atoms. The van der Waals surface area contributed by atoms with Gasteiger partial charge in [0.15, 0.2) is 0 Å². The standard InChI is InChI=1S/C15H18ClN5O3/c1-3-12-13(21(23)24)14(20(2)19-12)17-8-9-18-15(22)10-6-4-5-7-11(10)16/h4-7,17H,3,8-9H2,1-2H3,(H,18,22). The Morgan fingerprint density at radius 1 is 1.38 bits per heavy atom. The normalized spacial score (nSPS) is 10.5. The van der Waals surface area contributed by atoms with Crippen molar-refractivity contribution in [1.82, 2.24) is 15.1 Å². The molecule has 0 saturated heterocycles. The Bertz CT molecular complexity index is 760. The van der Waals surface area contributed by atoms with Gasteiger partial charge < -0.3 is 10.6 Å². The van der Waals surface area contributed by atoms with Crippen LogP contribution >= 0.6 is 11.6 Å². The van der Waals surface area contributed by atoms with Gasteiger partial charge in [0.05, 0.1) is 15.5 Å². The van der Waals surface area contributed by atoms with Crippen LogP contribution in [0.25, 0.3) is 0 Å². The number of nitrogens with zero attached hydrogens (tertiary/aromatic N) is 3. The SMILES string of the molecule is CCc1nn(C)c(NCCNC(=O)c2ccccc2Cl)c1[N+](=O)[O-]. The summed E-state index contributed by atoms with van der Waals surface area (Å²) in [5.41, 5.74) is 0.779. The molecule has 1 aromatic heterocycles. The van der Waals surface area contributed by atoms with Crippen molar-refractivity contribution in [3.8, 4) is 0 Å². The number of nitro groups is 1. The van der Waals surface area contributed by atoms with E-state index in [1.807, 2.05) is 6.92 Å². The fraction of sp³-hybridized carbons (Fsp3) is 0.333. The Morgan fingerprint density at radius 3 is 2.71 bits per heavy atom. The first-order valence-corrected chi connectivity index (χ1v) is 7.80. The molecule has 0 radical (unpaired) electrons. The number of amides is 1. The molecular formula is C15H18ClN5O3. The van der Waals surface area contributed by atoms with Gasteiger partial charge in [0.2, 0.25) is 5.82 Å². The number of anilines is 1. The van der Waals surface area contributed by atoms with Gasteiger partial charge in [-0.1, -0.05) is 30.7 Å². The third-order valence-electron chi connectivity index (χ3n) is 3.43. The predicted octanol–water partition coefficient (Wildman–Crippen LogP) is 2.39.